The Morgan fingerprint density at radius 2 is 1.74 bits per heavy atom. The maximum absolute atomic E-state index is 11.9. The summed E-state index contributed by atoms with van der Waals surface area (Å²) in [6.07, 6.45) is 3.36. The van der Waals surface area contributed by atoms with E-state index in [2.05, 4.69) is 38.2 Å². The van der Waals surface area contributed by atoms with Crippen LogP contribution in [0.25, 0.3) is 6.08 Å². The minimum Gasteiger partial charge on any atom is -0.348 e. The third-order valence-corrected chi connectivity index (χ3v) is 3.98. The van der Waals surface area contributed by atoms with Crippen LogP contribution < -0.4 is 5.32 Å². The van der Waals surface area contributed by atoms with E-state index in [-0.39, 0.29) is 11.3 Å². The molecule has 0 aromatic heterocycles. The van der Waals surface area contributed by atoms with Crippen molar-refractivity contribution in [3.05, 3.63) is 76.3 Å². The fourth-order valence-electron chi connectivity index (χ4n) is 2.15. The molecule has 0 aliphatic carbocycles. The first-order chi connectivity index (χ1) is 10.9. The molecule has 0 aliphatic rings. The van der Waals surface area contributed by atoms with Crippen LogP contribution in [-0.2, 0) is 16.8 Å². The lowest BCUT2D eigenvalue weighted by atomic mass is 9.87. The molecule has 0 heterocycles. The molecule has 0 fully saturated rings. The SMILES string of the molecule is CC(C)(C)c1ccc(/C=C/C(=O)NCc2ccccc2Cl)cc1. The van der Waals surface area contributed by atoms with Gasteiger partial charge in [-0.3, -0.25) is 4.79 Å². The lowest BCUT2D eigenvalue weighted by Crippen LogP contribution is -2.20. The summed E-state index contributed by atoms with van der Waals surface area (Å²) in [6, 6.07) is 15.7. The minimum absolute atomic E-state index is 0.134. The first-order valence-corrected chi connectivity index (χ1v) is 8.04. The topological polar surface area (TPSA) is 29.1 Å². The molecular formula is C20H22ClNO. The van der Waals surface area contributed by atoms with E-state index < -0.39 is 0 Å². The van der Waals surface area contributed by atoms with Crippen molar-refractivity contribution in [2.75, 3.05) is 0 Å². The number of nitrogens with one attached hydrogen (secondary N) is 1. The van der Waals surface area contributed by atoms with Gasteiger partial charge in [0.05, 0.1) is 0 Å². The molecule has 120 valence electrons. The number of hydrogen-bond donors (Lipinski definition) is 1. The third kappa shape index (κ3) is 5.26. The molecule has 1 N–H and O–H groups in total. The van der Waals surface area contributed by atoms with Gasteiger partial charge in [0, 0.05) is 17.6 Å². The second-order valence-corrected chi connectivity index (χ2v) is 6.92. The molecule has 3 heteroatoms. The average Bonchev–Trinajstić information content (AvgIpc) is 2.51. The smallest absolute Gasteiger partial charge is 0.244 e. The van der Waals surface area contributed by atoms with Crippen LogP contribution in [0.2, 0.25) is 5.02 Å². The van der Waals surface area contributed by atoms with Crippen molar-refractivity contribution in [3.8, 4) is 0 Å². The van der Waals surface area contributed by atoms with Gasteiger partial charge in [0.1, 0.15) is 0 Å². The normalized spacial score (nSPS) is 11.7. The highest BCUT2D eigenvalue weighted by Gasteiger charge is 2.12. The summed E-state index contributed by atoms with van der Waals surface area (Å²) in [5.41, 5.74) is 3.32. The molecule has 23 heavy (non-hydrogen) atoms. The van der Waals surface area contributed by atoms with Gasteiger partial charge in [-0.1, -0.05) is 74.8 Å². The van der Waals surface area contributed by atoms with E-state index in [1.807, 2.05) is 42.5 Å². The summed E-state index contributed by atoms with van der Waals surface area (Å²) in [7, 11) is 0. The van der Waals surface area contributed by atoms with Gasteiger partial charge in [-0.15, -0.1) is 0 Å². The maximum atomic E-state index is 11.9. The van der Waals surface area contributed by atoms with Crippen molar-refractivity contribution < 1.29 is 4.79 Å². The average molecular weight is 328 g/mol. The Kier molecular flexibility index (Phi) is 5.62. The van der Waals surface area contributed by atoms with Gasteiger partial charge in [-0.25, -0.2) is 0 Å². The molecule has 0 saturated heterocycles. The summed E-state index contributed by atoms with van der Waals surface area (Å²) in [4.78, 5) is 11.9. The van der Waals surface area contributed by atoms with Crippen LogP contribution in [0.5, 0.6) is 0 Å². The molecule has 0 atom stereocenters. The maximum Gasteiger partial charge on any atom is 0.244 e. The molecule has 2 rings (SSSR count). The molecular weight excluding hydrogens is 306 g/mol. The number of carbonyl (C=O) groups is 1. The minimum atomic E-state index is -0.134. The van der Waals surface area contributed by atoms with Gasteiger partial charge in [0.2, 0.25) is 5.91 Å². The molecule has 1 amide bonds. The van der Waals surface area contributed by atoms with Gasteiger partial charge >= 0.3 is 0 Å². The van der Waals surface area contributed by atoms with E-state index >= 15 is 0 Å². The largest absolute Gasteiger partial charge is 0.348 e. The van der Waals surface area contributed by atoms with E-state index in [1.165, 1.54) is 5.56 Å². The van der Waals surface area contributed by atoms with Gasteiger partial charge in [-0.2, -0.15) is 0 Å². The van der Waals surface area contributed by atoms with Crippen molar-refractivity contribution in [1.29, 1.82) is 0 Å². The lowest BCUT2D eigenvalue weighted by Gasteiger charge is -2.18. The summed E-state index contributed by atoms with van der Waals surface area (Å²) in [6.45, 7) is 6.96. The number of carbonyl (C=O) groups excluding carboxylic acids is 1. The fourth-order valence-corrected chi connectivity index (χ4v) is 2.35. The van der Waals surface area contributed by atoms with Crippen molar-refractivity contribution in [3.63, 3.8) is 0 Å². The van der Waals surface area contributed by atoms with E-state index in [0.717, 1.165) is 11.1 Å². The van der Waals surface area contributed by atoms with Crippen LogP contribution >= 0.6 is 11.6 Å². The van der Waals surface area contributed by atoms with Crippen molar-refractivity contribution in [2.45, 2.75) is 32.7 Å². The fraction of sp³-hybridized carbons (Fsp3) is 0.250. The zero-order valence-corrected chi connectivity index (χ0v) is 14.5. The quantitative estimate of drug-likeness (QED) is 0.789. The van der Waals surface area contributed by atoms with Gasteiger partial charge < -0.3 is 5.32 Å². The molecule has 2 aromatic carbocycles. The van der Waals surface area contributed by atoms with Crippen LogP contribution in [0.1, 0.15) is 37.5 Å². The predicted molar refractivity (Wildman–Crippen MR) is 97.5 cm³/mol. The molecule has 0 unspecified atom stereocenters. The van der Waals surface area contributed by atoms with Gasteiger partial charge in [0.15, 0.2) is 0 Å². The van der Waals surface area contributed by atoms with Crippen LogP contribution in [0.15, 0.2) is 54.6 Å². The lowest BCUT2D eigenvalue weighted by molar-refractivity contribution is -0.116. The van der Waals surface area contributed by atoms with Crippen LogP contribution in [0.4, 0.5) is 0 Å². The summed E-state index contributed by atoms with van der Waals surface area (Å²) < 4.78 is 0. The zero-order chi connectivity index (χ0) is 16.9. The standard InChI is InChI=1S/C20H22ClNO/c1-20(2,3)17-11-8-15(9-12-17)10-13-19(23)22-14-16-6-4-5-7-18(16)21/h4-13H,14H2,1-3H3,(H,22,23)/b13-10+. The van der Waals surface area contributed by atoms with Gasteiger partial charge in [-0.05, 0) is 34.2 Å². The summed E-state index contributed by atoms with van der Waals surface area (Å²) in [5, 5.41) is 3.50. The number of rotatable bonds is 4. The van der Waals surface area contributed by atoms with Crippen LogP contribution in [0, 0.1) is 0 Å². The van der Waals surface area contributed by atoms with E-state index in [4.69, 9.17) is 11.6 Å². The van der Waals surface area contributed by atoms with Crippen LogP contribution in [-0.4, -0.2) is 5.91 Å². The Balaban J connectivity index is 1.92. The molecule has 2 aromatic rings. The molecule has 0 aliphatic heterocycles. The zero-order valence-electron chi connectivity index (χ0n) is 13.8. The second-order valence-electron chi connectivity index (χ2n) is 6.51. The highest BCUT2D eigenvalue weighted by Crippen LogP contribution is 2.22. The summed E-state index contributed by atoms with van der Waals surface area (Å²) in [5.74, 6) is -0.134. The number of hydrogen-bond acceptors (Lipinski definition) is 1. The van der Waals surface area contributed by atoms with E-state index in [1.54, 1.807) is 6.08 Å². The predicted octanol–water partition coefficient (Wildman–Crippen LogP) is 4.97. The molecule has 0 saturated carbocycles. The van der Waals surface area contributed by atoms with Crippen LogP contribution in [0.3, 0.4) is 0 Å². The Hall–Kier alpha value is -2.06. The summed E-state index contributed by atoms with van der Waals surface area (Å²) >= 11 is 6.06. The Bertz CT molecular complexity index is 696. The number of benzene rings is 2. The first-order valence-electron chi connectivity index (χ1n) is 7.66. The van der Waals surface area contributed by atoms with E-state index in [9.17, 15) is 4.79 Å². The first kappa shape index (κ1) is 17.3. The molecule has 0 spiro atoms. The third-order valence-electron chi connectivity index (χ3n) is 3.61. The number of halogens is 1. The van der Waals surface area contributed by atoms with Crippen molar-refractivity contribution in [1.82, 2.24) is 5.32 Å². The molecule has 2 nitrogen and oxygen atoms in total. The van der Waals surface area contributed by atoms with Crippen molar-refractivity contribution in [2.24, 2.45) is 0 Å². The van der Waals surface area contributed by atoms with E-state index in [0.29, 0.717) is 11.6 Å². The van der Waals surface area contributed by atoms with Crippen molar-refractivity contribution >= 4 is 23.6 Å². The highest BCUT2D eigenvalue weighted by molar-refractivity contribution is 6.31. The second kappa shape index (κ2) is 7.47. The molecule has 0 radical (unpaired) electrons. The number of amides is 1. The highest BCUT2D eigenvalue weighted by atomic mass is 35.5. The monoisotopic (exact) mass is 327 g/mol. The van der Waals surface area contributed by atoms with Gasteiger partial charge in [0.25, 0.3) is 0 Å². The Morgan fingerprint density at radius 3 is 2.35 bits per heavy atom. The Labute approximate surface area is 143 Å². The Morgan fingerprint density at radius 1 is 1.09 bits per heavy atom. The molecule has 0 bridgehead atoms.